The van der Waals surface area contributed by atoms with Gasteiger partial charge >= 0.3 is 0 Å². The number of hydrogen-bond donors (Lipinski definition) is 1. The predicted octanol–water partition coefficient (Wildman–Crippen LogP) is 2.18. The zero-order valence-electron chi connectivity index (χ0n) is 15.8. The van der Waals surface area contributed by atoms with Gasteiger partial charge in [-0.25, -0.2) is 0 Å². The Hall–Kier alpha value is -2.39. The quantitative estimate of drug-likeness (QED) is 0.784. The number of nitrogens with one attached hydrogen (secondary N) is 1. The molecule has 0 bridgehead atoms. The third-order valence-electron chi connectivity index (χ3n) is 4.15. The molecule has 0 aliphatic carbocycles. The van der Waals surface area contributed by atoms with Crippen LogP contribution in [0.5, 0.6) is 0 Å². The van der Waals surface area contributed by atoms with E-state index >= 15 is 0 Å². The molecule has 0 spiro atoms. The lowest BCUT2D eigenvalue weighted by atomic mass is 10.1. The van der Waals surface area contributed by atoms with Gasteiger partial charge in [-0.3, -0.25) is 14.5 Å². The van der Waals surface area contributed by atoms with E-state index in [9.17, 15) is 9.59 Å². The highest BCUT2D eigenvalue weighted by molar-refractivity contribution is 5.93. The third kappa shape index (κ3) is 6.55. The van der Waals surface area contributed by atoms with Crippen molar-refractivity contribution in [1.82, 2.24) is 9.80 Å². The molecule has 1 aromatic carbocycles. The Kier molecular flexibility index (Phi) is 8.09. The first-order valence-electron chi connectivity index (χ1n) is 8.50. The number of rotatable bonds is 8. The lowest BCUT2D eigenvalue weighted by Crippen LogP contribution is -2.42. The fourth-order valence-corrected chi connectivity index (χ4v) is 2.49. The van der Waals surface area contributed by atoms with Gasteiger partial charge in [0.15, 0.2) is 0 Å². The summed E-state index contributed by atoms with van der Waals surface area (Å²) in [5, 5.41) is 11.8. The van der Waals surface area contributed by atoms with E-state index in [1.807, 2.05) is 39.0 Å². The molecular formula is C19H28N4O2. The summed E-state index contributed by atoms with van der Waals surface area (Å²) in [5.74, 6) is -0.439. The van der Waals surface area contributed by atoms with Crippen LogP contribution in [-0.2, 0) is 9.59 Å². The normalized spacial score (nSPS) is 11.7. The van der Waals surface area contributed by atoms with Crippen LogP contribution in [-0.4, -0.2) is 54.8 Å². The first-order valence-corrected chi connectivity index (χ1v) is 8.50. The number of hydrogen-bond acceptors (Lipinski definition) is 4. The topological polar surface area (TPSA) is 76.4 Å². The lowest BCUT2D eigenvalue weighted by molar-refractivity contribution is -0.132. The van der Waals surface area contributed by atoms with Crippen LogP contribution < -0.4 is 5.32 Å². The minimum Gasteiger partial charge on any atom is -0.341 e. The van der Waals surface area contributed by atoms with Gasteiger partial charge in [-0.2, -0.15) is 5.26 Å². The first kappa shape index (κ1) is 20.7. The molecule has 0 aliphatic heterocycles. The Morgan fingerprint density at radius 3 is 2.56 bits per heavy atom. The van der Waals surface area contributed by atoms with E-state index in [4.69, 9.17) is 5.26 Å². The molecule has 1 rings (SSSR count). The van der Waals surface area contributed by atoms with Crippen LogP contribution in [0.25, 0.3) is 0 Å². The number of aryl methyl sites for hydroxylation is 1. The van der Waals surface area contributed by atoms with Crippen molar-refractivity contribution in [1.29, 1.82) is 5.26 Å². The summed E-state index contributed by atoms with van der Waals surface area (Å²) in [5.41, 5.74) is 2.95. The first-order chi connectivity index (χ1) is 11.8. The van der Waals surface area contributed by atoms with E-state index in [0.29, 0.717) is 13.1 Å². The van der Waals surface area contributed by atoms with Gasteiger partial charge < -0.3 is 10.2 Å². The number of carbonyl (C=O) groups excluding carboxylic acids is 2. The summed E-state index contributed by atoms with van der Waals surface area (Å²) in [6.45, 7) is 8.87. The lowest BCUT2D eigenvalue weighted by Gasteiger charge is -2.25. The molecule has 0 aromatic heterocycles. The Morgan fingerprint density at radius 2 is 1.96 bits per heavy atom. The van der Waals surface area contributed by atoms with Crippen molar-refractivity contribution in [2.45, 2.75) is 27.7 Å². The number of anilines is 1. The van der Waals surface area contributed by atoms with Gasteiger partial charge in [-0.1, -0.05) is 12.1 Å². The van der Waals surface area contributed by atoms with Crippen LogP contribution >= 0.6 is 0 Å². The van der Waals surface area contributed by atoms with Gasteiger partial charge in [-0.15, -0.1) is 0 Å². The summed E-state index contributed by atoms with van der Waals surface area (Å²) in [7, 11) is 1.74. The fraction of sp³-hybridized carbons (Fsp3) is 0.526. The molecule has 1 aromatic rings. The Morgan fingerprint density at radius 1 is 1.28 bits per heavy atom. The molecule has 0 saturated heterocycles. The number of nitriles is 1. The van der Waals surface area contributed by atoms with Crippen LogP contribution in [0.15, 0.2) is 18.2 Å². The molecule has 1 unspecified atom stereocenters. The maximum absolute atomic E-state index is 12.3. The summed E-state index contributed by atoms with van der Waals surface area (Å²) in [4.78, 5) is 27.9. The van der Waals surface area contributed by atoms with Crippen molar-refractivity contribution in [3.05, 3.63) is 29.3 Å². The summed E-state index contributed by atoms with van der Waals surface area (Å²) in [6.07, 6.45) is 0. The van der Waals surface area contributed by atoms with E-state index in [1.54, 1.807) is 23.8 Å². The fourth-order valence-electron chi connectivity index (χ4n) is 2.49. The average molecular weight is 344 g/mol. The van der Waals surface area contributed by atoms with E-state index in [2.05, 4.69) is 11.4 Å². The van der Waals surface area contributed by atoms with Crippen LogP contribution in [0.1, 0.15) is 25.0 Å². The highest BCUT2D eigenvalue weighted by atomic mass is 16.2. The van der Waals surface area contributed by atoms with E-state index in [0.717, 1.165) is 16.8 Å². The van der Waals surface area contributed by atoms with Gasteiger partial charge in [0.05, 0.1) is 25.1 Å². The maximum atomic E-state index is 12.3. The SMILES string of the molecule is CCN(CC(C)C#N)C(=O)CN(C)CC(=O)Nc1cccc(C)c1C. The van der Waals surface area contributed by atoms with Crippen LogP contribution in [0.4, 0.5) is 5.69 Å². The molecule has 2 amide bonds. The molecule has 6 heteroatoms. The molecule has 0 heterocycles. The third-order valence-corrected chi connectivity index (χ3v) is 4.15. The summed E-state index contributed by atoms with van der Waals surface area (Å²) >= 11 is 0. The molecular weight excluding hydrogens is 316 g/mol. The second-order valence-corrected chi connectivity index (χ2v) is 6.43. The minimum atomic E-state index is -0.207. The van der Waals surface area contributed by atoms with Crippen molar-refractivity contribution in [3.63, 3.8) is 0 Å². The van der Waals surface area contributed by atoms with Crippen molar-refractivity contribution in [3.8, 4) is 6.07 Å². The van der Waals surface area contributed by atoms with Crippen molar-refractivity contribution in [2.24, 2.45) is 5.92 Å². The molecule has 0 aliphatic rings. The molecule has 1 N–H and O–H groups in total. The Balaban J connectivity index is 2.56. The summed E-state index contributed by atoms with van der Waals surface area (Å²) < 4.78 is 0. The molecule has 0 saturated carbocycles. The van der Waals surface area contributed by atoms with Gasteiger partial charge in [0.1, 0.15) is 0 Å². The van der Waals surface area contributed by atoms with Gasteiger partial charge in [0, 0.05) is 18.8 Å². The van der Waals surface area contributed by atoms with Gasteiger partial charge in [0.2, 0.25) is 11.8 Å². The van der Waals surface area contributed by atoms with Crippen LogP contribution in [0, 0.1) is 31.1 Å². The zero-order chi connectivity index (χ0) is 19.0. The average Bonchev–Trinajstić information content (AvgIpc) is 2.56. The maximum Gasteiger partial charge on any atom is 0.238 e. The molecule has 0 fully saturated rings. The second-order valence-electron chi connectivity index (χ2n) is 6.43. The molecule has 136 valence electrons. The number of nitrogens with zero attached hydrogens (tertiary/aromatic N) is 3. The number of carbonyl (C=O) groups is 2. The largest absolute Gasteiger partial charge is 0.341 e. The number of likely N-dealkylation sites (N-methyl/N-ethyl adjacent to an activating group) is 2. The van der Waals surface area contributed by atoms with Crippen molar-refractivity contribution in [2.75, 3.05) is 38.5 Å². The minimum absolute atomic E-state index is 0.0772. The highest BCUT2D eigenvalue weighted by Gasteiger charge is 2.18. The Bertz CT molecular complexity index is 651. The smallest absolute Gasteiger partial charge is 0.238 e. The van der Waals surface area contributed by atoms with Crippen molar-refractivity contribution >= 4 is 17.5 Å². The molecule has 1 atom stereocenters. The monoisotopic (exact) mass is 344 g/mol. The van der Waals surface area contributed by atoms with Crippen LogP contribution in [0.2, 0.25) is 0 Å². The summed E-state index contributed by atoms with van der Waals surface area (Å²) in [6, 6.07) is 7.90. The number of amides is 2. The van der Waals surface area contributed by atoms with E-state index in [-0.39, 0.29) is 30.8 Å². The van der Waals surface area contributed by atoms with Gasteiger partial charge in [-0.05, 0) is 51.9 Å². The standard InChI is InChI=1S/C19H28N4O2/c1-6-23(11-14(2)10-20)19(25)13-22(5)12-18(24)21-17-9-7-8-15(3)16(17)4/h7-9,14H,6,11-13H2,1-5H3,(H,21,24). The number of benzene rings is 1. The molecule has 25 heavy (non-hydrogen) atoms. The predicted molar refractivity (Wildman–Crippen MR) is 99.1 cm³/mol. The molecule has 6 nitrogen and oxygen atoms in total. The second kappa shape index (κ2) is 9.80. The zero-order valence-corrected chi connectivity index (χ0v) is 15.8. The van der Waals surface area contributed by atoms with Crippen molar-refractivity contribution < 1.29 is 9.59 Å². The van der Waals surface area contributed by atoms with E-state index < -0.39 is 0 Å². The Labute approximate surface area is 150 Å². The van der Waals surface area contributed by atoms with E-state index in [1.165, 1.54) is 0 Å². The molecule has 0 radical (unpaired) electrons. The van der Waals surface area contributed by atoms with Crippen LogP contribution in [0.3, 0.4) is 0 Å². The van der Waals surface area contributed by atoms with Gasteiger partial charge in [0.25, 0.3) is 0 Å². The highest BCUT2D eigenvalue weighted by Crippen LogP contribution is 2.17.